The van der Waals surface area contributed by atoms with Crippen LogP contribution in [0.15, 0.2) is 40.7 Å². The first kappa shape index (κ1) is 17.4. The SMILES string of the molecule is COC(=O)C1=C(C)NC(C)=C(C(=O)O)[C@@H]1c1cccc(Cl)c1Cl. The largest absolute Gasteiger partial charge is 0.478 e. The average Bonchev–Trinajstić information content (AvgIpc) is 2.48. The van der Waals surface area contributed by atoms with Crippen LogP contribution in [0.1, 0.15) is 25.3 Å². The number of carboxylic acids is 1. The molecule has 0 fully saturated rings. The van der Waals surface area contributed by atoms with Gasteiger partial charge < -0.3 is 15.2 Å². The molecule has 0 saturated carbocycles. The van der Waals surface area contributed by atoms with Crippen molar-refractivity contribution in [1.29, 1.82) is 0 Å². The number of hydrogen-bond donors (Lipinski definition) is 2. The van der Waals surface area contributed by atoms with E-state index in [9.17, 15) is 14.7 Å². The Balaban J connectivity index is 2.77. The topological polar surface area (TPSA) is 75.6 Å². The lowest BCUT2D eigenvalue weighted by Gasteiger charge is -2.30. The molecule has 1 aliphatic heterocycles. The number of carboxylic acid groups (broad SMARTS) is 1. The van der Waals surface area contributed by atoms with Gasteiger partial charge in [-0.1, -0.05) is 35.3 Å². The van der Waals surface area contributed by atoms with E-state index < -0.39 is 17.9 Å². The third-order valence-electron chi connectivity index (χ3n) is 3.69. The minimum absolute atomic E-state index is 0.0279. The number of carbonyl (C=O) groups is 2. The van der Waals surface area contributed by atoms with Crippen LogP contribution in [-0.2, 0) is 14.3 Å². The summed E-state index contributed by atoms with van der Waals surface area (Å²) in [6, 6.07) is 4.90. The van der Waals surface area contributed by atoms with Gasteiger partial charge in [0.15, 0.2) is 0 Å². The molecule has 1 atom stereocenters. The Morgan fingerprint density at radius 1 is 1.17 bits per heavy atom. The van der Waals surface area contributed by atoms with Gasteiger partial charge >= 0.3 is 11.9 Å². The lowest BCUT2D eigenvalue weighted by molar-refractivity contribution is -0.136. The molecule has 0 aromatic heterocycles. The summed E-state index contributed by atoms with van der Waals surface area (Å²) in [5.74, 6) is -2.64. The van der Waals surface area contributed by atoms with Crippen LogP contribution in [0.25, 0.3) is 0 Å². The predicted molar refractivity (Wildman–Crippen MR) is 87.4 cm³/mol. The highest BCUT2D eigenvalue weighted by Crippen LogP contribution is 2.42. The summed E-state index contributed by atoms with van der Waals surface area (Å²) in [7, 11) is 1.24. The second kappa shape index (κ2) is 6.64. The Morgan fingerprint density at radius 2 is 1.78 bits per heavy atom. The quantitative estimate of drug-likeness (QED) is 0.811. The van der Waals surface area contributed by atoms with Crippen molar-refractivity contribution in [1.82, 2.24) is 5.32 Å². The molecule has 1 aliphatic rings. The number of benzene rings is 1. The molecule has 1 aromatic carbocycles. The van der Waals surface area contributed by atoms with Crippen LogP contribution in [0.5, 0.6) is 0 Å². The maximum absolute atomic E-state index is 12.2. The third kappa shape index (κ3) is 3.07. The van der Waals surface area contributed by atoms with Crippen molar-refractivity contribution in [3.05, 3.63) is 56.3 Å². The summed E-state index contributed by atoms with van der Waals surface area (Å²) in [4.78, 5) is 24.0. The van der Waals surface area contributed by atoms with Crippen molar-refractivity contribution in [3.8, 4) is 0 Å². The van der Waals surface area contributed by atoms with Crippen LogP contribution in [-0.4, -0.2) is 24.2 Å². The number of carbonyl (C=O) groups excluding carboxylic acids is 1. The van der Waals surface area contributed by atoms with E-state index >= 15 is 0 Å². The number of methoxy groups -OCH3 is 1. The summed E-state index contributed by atoms with van der Waals surface area (Å²) in [6.07, 6.45) is 0. The van der Waals surface area contributed by atoms with E-state index in [-0.39, 0.29) is 21.2 Å². The number of nitrogens with one attached hydrogen (secondary N) is 1. The number of halogens is 2. The van der Waals surface area contributed by atoms with Gasteiger partial charge in [-0.3, -0.25) is 0 Å². The van der Waals surface area contributed by atoms with Crippen molar-refractivity contribution in [3.63, 3.8) is 0 Å². The second-order valence-corrected chi connectivity index (χ2v) is 5.86. The van der Waals surface area contributed by atoms with E-state index in [1.54, 1.807) is 32.0 Å². The number of rotatable bonds is 3. The van der Waals surface area contributed by atoms with E-state index in [0.29, 0.717) is 17.0 Å². The minimum atomic E-state index is -1.15. The first-order chi connectivity index (χ1) is 10.8. The maximum atomic E-state index is 12.2. The number of allylic oxidation sites excluding steroid dienone is 2. The normalized spacial score (nSPS) is 17.9. The molecule has 1 aromatic rings. The van der Waals surface area contributed by atoms with Crippen molar-refractivity contribution in [2.75, 3.05) is 7.11 Å². The van der Waals surface area contributed by atoms with Crippen LogP contribution in [0, 0.1) is 0 Å². The average molecular weight is 356 g/mol. The van der Waals surface area contributed by atoms with Gasteiger partial charge in [0, 0.05) is 11.4 Å². The smallest absolute Gasteiger partial charge is 0.336 e. The molecular formula is C16H15Cl2NO4. The lowest BCUT2D eigenvalue weighted by Crippen LogP contribution is -2.31. The highest BCUT2D eigenvalue weighted by atomic mass is 35.5. The first-order valence-electron chi connectivity index (χ1n) is 6.73. The van der Waals surface area contributed by atoms with E-state index in [4.69, 9.17) is 27.9 Å². The zero-order valence-electron chi connectivity index (χ0n) is 12.7. The van der Waals surface area contributed by atoms with Crippen molar-refractivity contribution >= 4 is 35.1 Å². The van der Waals surface area contributed by atoms with E-state index in [1.165, 1.54) is 7.11 Å². The molecule has 5 nitrogen and oxygen atoms in total. The highest BCUT2D eigenvalue weighted by Gasteiger charge is 2.38. The number of esters is 1. The zero-order valence-corrected chi connectivity index (χ0v) is 14.2. The standard InChI is InChI=1S/C16H15Cl2NO4/c1-7-11(15(20)21)13(9-5-4-6-10(17)14(9)18)12(8(2)19-7)16(22)23-3/h4-6,13,19H,1-3H3,(H,20,21)/t13-/m0/s1. The summed E-state index contributed by atoms with van der Waals surface area (Å²) in [5, 5.41) is 13.0. The van der Waals surface area contributed by atoms with Crippen LogP contribution < -0.4 is 5.32 Å². The fourth-order valence-corrected chi connectivity index (χ4v) is 3.13. The Morgan fingerprint density at radius 3 is 2.35 bits per heavy atom. The molecular weight excluding hydrogens is 341 g/mol. The number of ether oxygens (including phenoxy) is 1. The minimum Gasteiger partial charge on any atom is -0.478 e. The highest BCUT2D eigenvalue weighted by molar-refractivity contribution is 6.42. The van der Waals surface area contributed by atoms with Gasteiger partial charge in [-0.15, -0.1) is 0 Å². The molecule has 0 radical (unpaired) electrons. The molecule has 0 spiro atoms. The molecule has 23 heavy (non-hydrogen) atoms. The molecule has 7 heteroatoms. The fraction of sp³-hybridized carbons (Fsp3) is 0.250. The van der Waals surface area contributed by atoms with Gasteiger partial charge in [-0.2, -0.15) is 0 Å². The molecule has 0 bridgehead atoms. The molecule has 2 N–H and O–H groups in total. The van der Waals surface area contributed by atoms with Gasteiger partial charge in [0.25, 0.3) is 0 Å². The van der Waals surface area contributed by atoms with Crippen molar-refractivity contribution in [2.24, 2.45) is 0 Å². The summed E-state index contributed by atoms with van der Waals surface area (Å²) in [5.41, 5.74) is 1.61. The van der Waals surface area contributed by atoms with E-state index in [1.807, 2.05) is 0 Å². The Hall–Kier alpha value is -1.98. The van der Waals surface area contributed by atoms with Crippen LogP contribution >= 0.6 is 23.2 Å². The van der Waals surface area contributed by atoms with Crippen LogP contribution in [0.3, 0.4) is 0 Å². The van der Waals surface area contributed by atoms with Gasteiger partial charge in [0.2, 0.25) is 0 Å². The molecule has 0 unspecified atom stereocenters. The number of dihydropyridines is 1. The van der Waals surface area contributed by atoms with Gasteiger partial charge in [-0.05, 0) is 25.5 Å². The van der Waals surface area contributed by atoms with Crippen LogP contribution in [0.4, 0.5) is 0 Å². The van der Waals surface area contributed by atoms with Crippen molar-refractivity contribution < 1.29 is 19.4 Å². The van der Waals surface area contributed by atoms with Gasteiger partial charge in [-0.25, -0.2) is 9.59 Å². The fourth-order valence-electron chi connectivity index (χ4n) is 2.71. The Labute approximate surface area is 143 Å². The zero-order chi connectivity index (χ0) is 17.3. The van der Waals surface area contributed by atoms with E-state index in [2.05, 4.69) is 5.32 Å². The molecule has 1 heterocycles. The Kier molecular flexibility index (Phi) is 5.02. The monoisotopic (exact) mass is 355 g/mol. The summed E-state index contributed by atoms with van der Waals surface area (Å²) in [6.45, 7) is 3.31. The summed E-state index contributed by atoms with van der Waals surface area (Å²) < 4.78 is 4.82. The van der Waals surface area contributed by atoms with Crippen LogP contribution in [0.2, 0.25) is 10.0 Å². The second-order valence-electron chi connectivity index (χ2n) is 5.08. The van der Waals surface area contributed by atoms with E-state index in [0.717, 1.165) is 0 Å². The first-order valence-corrected chi connectivity index (χ1v) is 7.49. The Bertz CT molecular complexity index is 752. The molecule has 122 valence electrons. The van der Waals surface area contributed by atoms with Gasteiger partial charge in [0.1, 0.15) is 0 Å². The lowest BCUT2D eigenvalue weighted by atomic mass is 9.80. The predicted octanol–water partition coefficient (Wildman–Crippen LogP) is 3.49. The number of aliphatic carboxylic acids is 1. The molecule has 0 saturated heterocycles. The molecule has 0 aliphatic carbocycles. The number of hydrogen-bond acceptors (Lipinski definition) is 4. The van der Waals surface area contributed by atoms with Gasteiger partial charge in [0.05, 0.1) is 34.2 Å². The maximum Gasteiger partial charge on any atom is 0.336 e. The molecule has 2 rings (SSSR count). The summed E-state index contributed by atoms with van der Waals surface area (Å²) >= 11 is 12.3. The molecule has 0 amide bonds. The third-order valence-corrected chi connectivity index (χ3v) is 4.52. The van der Waals surface area contributed by atoms with Crippen molar-refractivity contribution in [2.45, 2.75) is 19.8 Å².